The summed E-state index contributed by atoms with van der Waals surface area (Å²) in [5.74, 6) is 1.16. The van der Waals surface area contributed by atoms with Crippen molar-refractivity contribution >= 4 is 11.4 Å². The van der Waals surface area contributed by atoms with E-state index < -0.39 is 5.60 Å². The summed E-state index contributed by atoms with van der Waals surface area (Å²) in [6.07, 6.45) is 0.749. The number of nitrogens with two attached hydrogens (primary N) is 1. The third-order valence-electron chi connectivity index (χ3n) is 2.69. The maximum Gasteiger partial charge on any atom is 0.122 e. The summed E-state index contributed by atoms with van der Waals surface area (Å²) in [4.78, 5) is 0. The molecule has 0 aliphatic carbocycles. The number of nitrogens with one attached hydrogen (secondary N) is 1. The number of nitrogen functional groups attached to an aromatic ring is 1. The highest BCUT2D eigenvalue weighted by atomic mass is 16.5. The second-order valence-corrected chi connectivity index (χ2v) is 5.44. The normalized spacial score (nSPS) is 14.3. The van der Waals surface area contributed by atoms with Crippen LogP contribution in [0.4, 0.5) is 11.4 Å². The first-order chi connectivity index (χ1) is 8.32. The Morgan fingerprint density at radius 3 is 2.61 bits per heavy atom. The molecule has 1 atom stereocenters. The van der Waals surface area contributed by atoms with Gasteiger partial charge in [-0.2, -0.15) is 0 Å². The Morgan fingerprint density at radius 1 is 1.39 bits per heavy atom. The van der Waals surface area contributed by atoms with E-state index in [-0.39, 0.29) is 0 Å². The van der Waals surface area contributed by atoms with Crippen LogP contribution < -0.4 is 15.8 Å². The minimum absolute atomic E-state index is 0.456. The lowest BCUT2D eigenvalue weighted by Crippen LogP contribution is -2.34. The van der Waals surface area contributed by atoms with Crippen LogP contribution in [0.1, 0.15) is 27.2 Å². The van der Waals surface area contributed by atoms with Gasteiger partial charge in [-0.25, -0.2) is 0 Å². The number of anilines is 2. The molecule has 0 spiro atoms. The van der Waals surface area contributed by atoms with E-state index in [0.717, 1.165) is 12.1 Å². The molecule has 102 valence electrons. The molecule has 0 bridgehead atoms. The molecular formula is C14H24N2O2. The fraction of sp³-hybridized carbons (Fsp3) is 0.571. The van der Waals surface area contributed by atoms with Crippen LogP contribution in [0.3, 0.4) is 0 Å². The lowest BCUT2D eigenvalue weighted by atomic mass is 9.94. The highest BCUT2D eigenvalue weighted by Gasteiger charge is 2.21. The third-order valence-corrected chi connectivity index (χ3v) is 2.69. The average molecular weight is 252 g/mol. The monoisotopic (exact) mass is 252 g/mol. The van der Waals surface area contributed by atoms with E-state index in [1.165, 1.54) is 0 Å². The first-order valence-corrected chi connectivity index (χ1v) is 6.23. The van der Waals surface area contributed by atoms with Crippen molar-refractivity contribution in [3.8, 4) is 5.75 Å². The van der Waals surface area contributed by atoms with Gasteiger partial charge < -0.3 is 20.9 Å². The van der Waals surface area contributed by atoms with E-state index in [0.29, 0.717) is 23.9 Å². The minimum atomic E-state index is -0.730. The SMILES string of the molecule is COc1cc(N)cc(NCC(C)(O)CC(C)C)c1. The molecule has 0 aromatic heterocycles. The second kappa shape index (κ2) is 5.96. The summed E-state index contributed by atoms with van der Waals surface area (Å²) >= 11 is 0. The van der Waals surface area contributed by atoms with E-state index >= 15 is 0 Å². The van der Waals surface area contributed by atoms with Gasteiger partial charge in [0.05, 0.1) is 12.7 Å². The van der Waals surface area contributed by atoms with Crippen molar-refractivity contribution in [1.82, 2.24) is 0 Å². The topological polar surface area (TPSA) is 67.5 Å². The fourth-order valence-electron chi connectivity index (χ4n) is 2.09. The van der Waals surface area contributed by atoms with Crippen molar-refractivity contribution in [2.24, 2.45) is 5.92 Å². The average Bonchev–Trinajstić information content (AvgIpc) is 2.24. The molecule has 1 aromatic rings. The van der Waals surface area contributed by atoms with Crippen LogP contribution in [0.25, 0.3) is 0 Å². The van der Waals surface area contributed by atoms with Crippen LogP contribution in [0.15, 0.2) is 18.2 Å². The molecule has 1 aromatic carbocycles. The maximum atomic E-state index is 10.2. The zero-order chi connectivity index (χ0) is 13.8. The van der Waals surface area contributed by atoms with E-state index in [9.17, 15) is 5.11 Å². The Morgan fingerprint density at radius 2 is 2.06 bits per heavy atom. The fourth-order valence-corrected chi connectivity index (χ4v) is 2.09. The van der Waals surface area contributed by atoms with Gasteiger partial charge in [0, 0.05) is 30.1 Å². The summed E-state index contributed by atoms with van der Waals surface area (Å²) in [5.41, 5.74) is 6.54. The van der Waals surface area contributed by atoms with Gasteiger partial charge in [0.15, 0.2) is 0 Å². The van der Waals surface area contributed by atoms with E-state index in [1.54, 1.807) is 13.2 Å². The summed E-state index contributed by atoms with van der Waals surface area (Å²) in [6.45, 7) is 6.51. The summed E-state index contributed by atoms with van der Waals surface area (Å²) in [5, 5.41) is 13.4. The second-order valence-electron chi connectivity index (χ2n) is 5.44. The molecule has 18 heavy (non-hydrogen) atoms. The third kappa shape index (κ3) is 4.84. The van der Waals surface area contributed by atoms with E-state index in [1.807, 2.05) is 19.1 Å². The Labute approximate surface area is 109 Å². The first-order valence-electron chi connectivity index (χ1n) is 6.23. The van der Waals surface area contributed by atoms with Gasteiger partial charge in [-0.15, -0.1) is 0 Å². The molecule has 0 heterocycles. The van der Waals surface area contributed by atoms with Crippen molar-refractivity contribution < 1.29 is 9.84 Å². The zero-order valence-corrected chi connectivity index (χ0v) is 11.7. The van der Waals surface area contributed by atoms with Gasteiger partial charge in [-0.1, -0.05) is 13.8 Å². The number of aliphatic hydroxyl groups is 1. The number of hydrogen-bond acceptors (Lipinski definition) is 4. The molecule has 0 fully saturated rings. The predicted octanol–water partition coefficient (Wildman–Crippen LogP) is 2.49. The van der Waals surface area contributed by atoms with Crippen LogP contribution >= 0.6 is 0 Å². The van der Waals surface area contributed by atoms with E-state index in [2.05, 4.69) is 19.2 Å². The van der Waals surface area contributed by atoms with Crippen molar-refractivity contribution in [2.45, 2.75) is 32.8 Å². The molecule has 0 saturated heterocycles. The smallest absolute Gasteiger partial charge is 0.122 e. The molecule has 1 rings (SSSR count). The summed E-state index contributed by atoms with van der Waals surface area (Å²) < 4.78 is 5.15. The lowest BCUT2D eigenvalue weighted by molar-refractivity contribution is 0.0515. The Balaban J connectivity index is 2.65. The van der Waals surface area contributed by atoms with Gasteiger partial charge in [-0.3, -0.25) is 0 Å². The van der Waals surface area contributed by atoms with Gasteiger partial charge in [0.1, 0.15) is 5.75 Å². The first kappa shape index (κ1) is 14.6. The molecule has 4 N–H and O–H groups in total. The maximum absolute atomic E-state index is 10.2. The molecule has 0 amide bonds. The summed E-state index contributed by atoms with van der Waals surface area (Å²) in [6, 6.07) is 5.45. The molecule has 0 aliphatic heterocycles. The van der Waals surface area contributed by atoms with Gasteiger partial charge in [0.2, 0.25) is 0 Å². The molecule has 0 saturated carbocycles. The highest BCUT2D eigenvalue weighted by molar-refractivity contribution is 5.59. The lowest BCUT2D eigenvalue weighted by Gasteiger charge is -2.26. The van der Waals surface area contributed by atoms with Gasteiger partial charge in [0.25, 0.3) is 0 Å². The molecular weight excluding hydrogens is 228 g/mol. The molecule has 4 nitrogen and oxygen atoms in total. The van der Waals surface area contributed by atoms with Gasteiger partial charge >= 0.3 is 0 Å². The number of methoxy groups -OCH3 is 1. The largest absolute Gasteiger partial charge is 0.497 e. The minimum Gasteiger partial charge on any atom is -0.497 e. The Bertz CT molecular complexity index is 389. The number of ether oxygens (including phenoxy) is 1. The molecule has 4 heteroatoms. The van der Waals surface area contributed by atoms with Crippen LogP contribution in [0.5, 0.6) is 5.75 Å². The van der Waals surface area contributed by atoms with Crippen LogP contribution in [-0.4, -0.2) is 24.4 Å². The predicted molar refractivity (Wildman–Crippen MR) is 76.0 cm³/mol. The van der Waals surface area contributed by atoms with E-state index in [4.69, 9.17) is 10.5 Å². The van der Waals surface area contributed by atoms with Crippen molar-refractivity contribution in [3.05, 3.63) is 18.2 Å². The highest BCUT2D eigenvalue weighted by Crippen LogP contribution is 2.23. The Kier molecular flexibility index (Phi) is 4.84. The molecule has 0 radical (unpaired) electrons. The number of hydrogen-bond donors (Lipinski definition) is 3. The quantitative estimate of drug-likeness (QED) is 0.680. The van der Waals surface area contributed by atoms with Gasteiger partial charge in [-0.05, 0) is 25.3 Å². The van der Waals surface area contributed by atoms with Crippen molar-refractivity contribution in [1.29, 1.82) is 0 Å². The van der Waals surface area contributed by atoms with Crippen LogP contribution in [-0.2, 0) is 0 Å². The zero-order valence-electron chi connectivity index (χ0n) is 11.7. The molecule has 0 aliphatic rings. The van der Waals surface area contributed by atoms with Crippen molar-refractivity contribution in [3.63, 3.8) is 0 Å². The standard InChI is InChI=1S/C14H24N2O2/c1-10(2)8-14(3,17)9-16-12-5-11(15)6-13(7-12)18-4/h5-7,10,16-17H,8-9,15H2,1-4H3. The van der Waals surface area contributed by atoms with Crippen LogP contribution in [0, 0.1) is 5.92 Å². The van der Waals surface area contributed by atoms with Crippen LogP contribution in [0.2, 0.25) is 0 Å². The summed E-state index contributed by atoms with van der Waals surface area (Å²) in [7, 11) is 1.60. The number of benzene rings is 1. The molecule has 1 unspecified atom stereocenters. The Hall–Kier alpha value is -1.42. The number of rotatable bonds is 6. The van der Waals surface area contributed by atoms with Crippen molar-refractivity contribution in [2.75, 3.05) is 24.7 Å².